The van der Waals surface area contributed by atoms with Crippen LogP contribution < -0.4 is 4.74 Å². The number of hydrogen-bond donors (Lipinski definition) is 1. The second-order valence-electron chi connectivity index (χ2n) is 3.99. The normalized spacial score (nSPS) is 10.5. The summed E-state index contributed by atoms with van der Waals surface area (Å²) in [6, 6.07) is 1.41. The van der Waals surface area contributed by atoms with Gasteiger partial charge in [-0.25, -0.2) is 4.79 Å². The lowest BCUT2D eigenvalue weighted by Crippen LogP contribution is -2.12. The van der Waals surface area contributed by atoms with Crippen LogP contribution in [0.1, 0.15) is 24.2 Å². The molecule has 0 saturated heterocycles. The molecule has 0 fully saturated rings. The molecule has 0 atom stereocenters. The Morgan fingerprint density at radius 3 is 2.88 bits per heavy atom. The van der Waals surface area contributed by atoms with Gasteiger partial charge in [0, 0.05) is 12.8 Å². The smallest absolute Gasteiger partial charge is 0.339 e. The van der Waals surface area contributed by atoms with Crippen molar-refractivity contribution >= 4 is 5.97 Å². The Morgan fingerprint density at radius 2 is 2.24 bits per heavy atom. The minimum atomic E-state index is -1.02. The van der Waals surface area contributed by atoms with Crippen LogP contribution in [0, 0.1) is 5.92 Å². The molecule has 94 valence electrons. The highest BCUT2D eigenvalue weighted by molar-refractivity contribution is 5.90. The SMILES string of the molecule is CC(C)COCCOc1cnccc1C(=O)O. The van der Waals surface area contributed by atoms with E-state index in [1.54, 1.807) is 0 Å². The summed E-state index contributed by atoms with van der Waals surface area (Å²) >= 11 is 0. The summed E-state index contributed by atoms with van der Waals surface area (Å²) in [6.45, 7) is 5.54. The number of carboxylic acids is 1. The molecule has 0 radical (unpaired) electrons. The molecule has 5 nitrogen and oxygen atoms in total. The molecule has 17 heavy (non-hydrogen) atoms. The number of hydrogen-bond acceptors (Lipinski definition) is 4. The molecule has 0 aliphatic rings. The molecule has 1 aromatic rings. The first-order valence-electron chi connectivity index (χ1n) is 5.49. The van der Waals surface area contributed by atoms with Crippen molar-refractivity contribution in [2.75, 3.05) is 19.8 Å². The van der Waals surface area contributed by atoms with Crippen molar-refractivity contribution in [1.82, 2.24) is 4.98 Å². The molecular weight excluding hydrogens is 222 g/mol. The number of carbonyl (C=O) groups is 1. The monoisotopic (exact) mass is 239 g/mol. The molecule has 1 rings (SSSR count). The van der Waals surface area contributed by atoms with Crippen LogP contribution >= 0.6 is 0 Å². The lowest BCUT2D eigenvalue weighted by molar-refractivity contribution is 0.0677. The number of aromatic carboxylic acids is 1. The number of rotatable bonds is 7. The van der Waals surface area contributed by atoms with E-state index in [1.807, 2.05) is 0 Å². The summed E-state index contributed by atoms with van der Waals surface area (Å²) in [5, 5.41) is 8.90. The second-order valence-corrected chi connectivity index (χ2v) is 3.99. The highest BCUT2D eigenvalue weighted by atomic mass is 16.5. The Labute approximate surface area is 100 Å². The third-order valence-corrected chi connectivity index (χ3v) is 1.95. The van der Waals surface area contributed by atoms with Gasteiger partial charge in [0.2, 0.25) is 0 Å². The van der Waals surface area contributed by atoms with Crippen LogP contribution in [0.15, 0.2) is 18.5 Å². The van der Waals surface area contributed by atoms with Crippen LogP contribution in [0.2, 0.25) is 0 Å². The van der Waals surface area contributed by atoms with Gasteiger partial charge < -0.3 is 14.6 Å². The summed E-state index contributed by atoms with van der Waals surface area (Å²) in [5.74, 6) is -0.276. The Balaban J connectivity index is 2.39. The van der Waals surface area contributed by atoms with E-state index in [2.05, 4.69) is 18.8 Å². The van der Waals surface area contributed by atoms with Gasteiger partial charge in [0.05, 0.1) is 12.8 Å². The number of nitrogens with zero attached hydrogens (tertiary/aromatic N) is 1. The Kier molecular flexibility index (Phi) is 5.42. The topological polar surface area (TPSA) is 68.7 Å². The molecule has 1 N–H and O–H groups in total. The molecule has 0 aromatic carbocycles. The molecule has 5 heteroatoms. The number of aromatic nitrogens is 1. The lowest BCUT2D eigenvalue weighted by atomic mass is 10.2. The van der Waals surface area contributed by atoms with E-state index in [-0.39, 0.29) is 11.3 Å². The molecule has 0 unspecified atom stereocenters. The Bertz CT molecular complexity index is 365. The Morgan fingerprint density at radius 1 is 1.47 bits per heavy atom. The Hall–Kier alpha value is -1.62. The molecule has 0 saturated carbocycles. The largest absolute Gasteiger partial charge is 0.489 e. The predicted octanol–water partition coefficient (Wildman–Crippen LogP) is 1.83. The summed E-state index contributed by atoms with van der Waals surface area (Å²) in [5.41, 5.74) is 0.115. The van der Waals surface area contributed by atoms with E-state index in [0.717, 1.165) is 0 Å². The molecular formula is C12H17NO4. The van der Waals surface area contributed by atoms with E-state index in [9.17, 15) is 4.79 Å². The summed E-state index contributed by atoms with van der Waals surface area (Å²) in [6.07, 6.45) is 2.82. The average Bonchev–Trinajstić information content (AvgIpc) is 2.28. The third kappa shape index (κ3) is 4.82. The minimum absolute atomic E-state index is 0.115. The van der Waals surface area contributed by atoms with Gasteiger partial charge in [0.1, 0.15) is 12.2 Å². The summed E-state index contributed by atoms with van der Waals surface area (Å²) in [7, 11) is 0. The molecule has 0 aliphatic heterocycles. The zero-order valence-corrected chi connectivity index (χ0v) is 10.0. The van der Waals surface area contributed by atoms with Crippen LogP contribution in [0.5, 0.6) is 5.75 Å². The van der Waals surface area contributed by atoms with E-state index >= 15 is 0 Å². The van der Waals surface area contributed by atoms with Gasteiger partial charge >= 0.3 is 5.97 Å². The lowest BCUT2D eigenvalue weighted by Gasteiger charge is -2.09. The van der Waals surface area contributed by atoms with Crippen LogP contribution in [0.25, 0.3) is 0 Å². The fourth-order valence-corrected chi connectivity index (χ4v) is 1.20. The van der Waals surface area contributed by atoms with Gasteiger partial charge in [-0.05, 0) is 12.0 Å². The van der Waals surface area contributed by atoms with Crippen LogP contribution in [-0.4, -0.2) is 35.9 Å². The summed E-state index contributed by atoms with van der Waals surface area (Å²) < 4.78 is 10.6. The van der Waals surface area contributed by atoms with E-state index < -0.39 is 5.97 Å². The highest BCUT2D eigenvalue weighted by Gasteiger charge is 2.10. The maximum atomic E-state index is 10.9. The quantitative estimate of drug-likeness (QED) is 0.735. The van der Waals surface area contributed by atoms with Crippen LogP contribution in [-0.2, 0) is 4.74 Å². The van der Waals surface area contributed by atoms with E-state index in [0.29, 0.717) is 25.7 Å². The molecule has 0 amide bonds. The number of ether oxygens (including phenoxy) is 2. The third-order valence-electron chi connectivity index (χ3n) is 1.95. The van der Waals surface area contributed by atoms with Crippen molar-refractivity contribution in [3.63, 3.8) is 0 Å². The highest BCUT2D eigenvalue weighted by Crippen LogP contribution is 2.15. The van der Waals surface area contributed by atoms with E-state index in [1.165, 1.54) is 18.5 Å². The van der Waals surface area contributed by atoms with Gasteiger partial charge in [-0.3, -0.25) is 4.98 Å². The predicted molar refractivity (Wildman–Crippen MR) is 62.3 cm³/mol. The number of pyridine rings is 1. The molecule has 1 aromatic heterocycles. The van der Waals surface area contributed by atoms with Crippen LogP contribution in [0.3, 0.4) is 0 Å². The standard InChI is InChI=1S/C12H17NO4/c1-9(2)8-16-5-6-17-11-7-13-4-3-10(11)12(14)15/h3-4,7,9H,5-6,8H2,1-2H3,(H,14,15). The van der Waals surface area contributed by atoms with Crippen molar-refractivity contribution in [1.29, 1.82) is 0 Å². The van der Waals surface area contributed by atoms with Crippen molar-refractivity contribution in [3.05, 3.63) is 24.0 Å². The number of carboxylic acid groups (broad SMARTS) is 1. The van der Waals surface area contributed by atoms with Gasteiger partial charge in [0.25, 0.3) is 0 Å². The maximum absolute atomic E-state index is 10.9. The molecule has 0 aliphatic carbocycles. The maximum Gasteiger partial charge on any atom is 0.339 e. The summed E-state index contributed by atoms with van der Waals surface area (Å²) in [4.78, 5) is 14.7. The molecule has 1 heterocycles. The van der Waals surface area contributed by atoms with Crippen molar-refractivity contribution in [2.45, 2.75) is 13.8 Å². The first-order valence-corrected chi connectivity index (χ1v) is 5.49. The van der Waals surface area contributed by atoms with Gasteiger partial charge in [-0.1, -0.05) is 13.8 Å². The average molecular weight is 239 g/mol. The van der Waals surface area contributed by atoms with Gasteiger partial charge in [-0.15, -0.1) is 0 Å². The van der Waals surface area contributed by atoms with Gasteiger partial charge in [0.15, 0.2) is 5.75 Å². The zero-order chi connectivity index (χ0) is 12.7. The fourth-order valence-electron chi connectivity index (χ4n) is 1.20. The second kappa shape index (κ2) is 6.85. The first kappa shape index (κ1) is 13.4. The first-order chi connectivity index (χ1) is 8.11. The molecule has 0 bridgehead atoms. The van der Waals surface area contributed by atoms with Crippen molar-refractivity contribution in [2.24, 2.45) is 5.92 Å². The van der Waals surface area contributed by atoms with Crippen LogP contribution in [0.4, 0.5) is 0 Å². The van der Waals surface area contributed by atoms with E-state index in [4.69, 9.17) is 14.6 Å². The van der Waals surface area contributed by atoms with Crippen molar-refractivity contribution < 1.29 is 19.4 Å². The van der Waals surface area contributed by atoms with Gasteiger partial charge in [-0.2, -0.15) is 0 Å². The minimum Gasteiger partial charge on any atom is -0.489 e. The zero-order valence-electron chi connectivity index (χ0n) is 10.0. The fraction of sp³-hybridized carbons (Fsp3) is 0.500. The molecule has 0 spiro atoms. The van der Waals surface area contributed by atoms with Crippen molar-refractivity contribution in [3.8, 4) is 5.75 Å².